The number of rotatable bonds is 7. The highest BCUT2D eigenvalue weighted by atomic mass is 35.5. The molecule has 0 heterocycles. The van der Waals surface area contributed by atoms with Crippen LogP contribution in [-0.2, 0) is 9.59 Å². The normalized spacial score (nSPS) is 10.2. The Kier molecular flexibility index (Phi) is 6.96. The zero-order valence-electron chi connectivity index (χ0n) is 15.4. The molecule has 0 radical (unpaired) electrons. The first kappa shape index (κ1) is 20.5. The summed E-state index contributed by atoms with van der Waals surface area (Å²) in [5.74, 6) is -0.107. The Bertz CT molecular complexity index is 867. The molecule has 2 aromatic carbocycles. The zero-order chi connectivity index (χ0) is 20.0. The van der Waals surface area contributed by atoms with Crippen molar-refractivity contribution < 1.29 is 19.1 Å². The van der Waals surface area contributed by atoms with Crippen molar-refractivity contribution in [3.63, 3.8) is 0 Å². The molecule has 142 valence electrons. The van der Waals surface area contributed by atoms with Crippen LogP contribution in [0.1, 0.15) is 30.6 Å². The standard InChI is InChI=1S/C20H21ClN2O4/c1-13(24)15-5-4-6-17(11-15)23(14(2)25)10-9-20(26)22-18-12-16(21)7-8-19(18)27-3/h4-8,11-12H,9-10H2,1-3H3,(H,22,26). The van der Waals surface area contributed by atoms with Crippen LogP contribution in [-0.4, -0.2) is 31.3 Å². The summed E-state index contributed by atoms with van der Waals surface area (Å²) in [5, 5.41) is 3.21. The number of halogens is 1. The highest BCUT2D eigenvalue weighted by Crippen LogP contribution is 2.27. The fraction of sp³-hybridized carbons (Fsp3) is 0.250. The second-order valence-electron chi connectivity index (χ2n) is 5.92. The van der Waals surface area contributed by atoms with Crippen LogP contribution >= 0.6 is 11.6 Å². The summed E-state index contributed by atoms with van der Waals surface area (Å²) in [5.41, 5.74) is 1.54. The third kappa shape index (κ3) is 5.56. The van der Waals surface area contributed by atoms with Gasteiger partial charge < -0.3 is 15.0 Å². The number of amides is 2. The summed E-state index contributed by atoms with van der Waals surface area (Å²) in [6.45, 7) is 3.05. The Labute approximate surface area is 163 Å². The van der Waals surface area contributed by atoms with Crippen molar-refractivity contribution >= 4 is 40.6 Å². The van der Waals surface area contributed by atoms with Gasteiger partial charge in [-0.15, -0.1) is 0 Å². The lowest BCUT2D eigenvalue weighted by atomic mass is 10.1. The molecule has 0 aliphatic heterocycles. The number of benzene rings is 2. The minimum absolute atomic E-state index is 0.0690. The molecule has 2 aromatic rings. The summed E-state index contributed by atoms with van der Waals surface area (Å²) in [6.07, 6.45) is 0.0690. The van der Waals surface area contributed by atoms with Gasteiger partial charge in [-0.2, -0.15) is 0 Å². The van der Waals surface area contributed by atoms with E-state index >= 15 is 0 Å². The molecule has 2 rings (SSSR count). The van der Waals surface area contributed by atoms with Gasteiger partial charge in [-0.05, 0) is 37.3 Å². The molecule has 6 nitrogen and oxygen atoms in total. The smallest absolute Gasteiger partial charge is 0.226 e. The lowest BCUT2D eigenvalue weighted by Crippen LogP contribution is -2.32. The second kappa shape index (κ2) is 9.19. The monoisotopic (exact) mass is 388 g/mol. The van der Waals surface area contributed by atoms with Crippen molar-refractivity contribution in [1.29, 1.82) is 0 Å². The summed E-state index contributed by atoms with van der Waals surface area (Å²) >= 11 is 5.96. The number of carbonyl (C=O) groups excluding carboxylic acids is 3. The van der Waals surface area contributed by atoms with Crippen LogP contribution in [0.25, 0.3) is 0 Å². The molecule has 1 N–H and O–H groups in total. The molecular weight excluding hydrogens is 368 g/mol. The van der Waals surface area contributed by atoms with Gasteiger partial charge in [0, 0.05) is 36.2 Å². The van der Waals surface area contributed by atoms with E-state index in [0.717, 1.165) is 0 Å². The average Bonchev–Trinajstić information content (AvgIpc) is 2.62. The third-order valence-corrected chi connectivity index (χ3v) is 4.18. The molecule has 0 unspecified atom stereocenters. The lowest BCUT2D eigenvalue weighted by Gasteiger charge is -2.21. The van der Waals surface area contributed by atoms with E-state index in [-0.39, 0.29) is 30.6 Å². The molecule has 2 amide bonds. The molecule has 0 aliphatic rings. The quantitative estimate of drug-likeness (QED) is 0.729. The van der Waals surface area contributed by atoms with Crippen LogP contribution < -0.4 is 15.0 Å². The number of nitrogens with one attached hydrogen (secondary N) is 1. The van der Waals surface area contributed by atoms with E-state index in [4.69, 9.17) is 16.3 Å². The number of methoxy groups -OCH3 is 1. The van der Waals surface area contributed by atoms with E-state index in [1.165, 1.54) is 25.9 Å². The molecule has 0 fully saturated rings. The van der Waals surface area contributed by atoms with E-state index < -0.39 is 0 Å². The van der Waals surface area contributed by atoms with Crippen molar-refractivity contribution in [2.24, 2.45) is 0 Å². The van der Waals surface area contributed by atoms with E-state index in [0.29, 0.717) is 27.7 Å². The van der Waals surface area contributed by atoms with Crippen LogP contribution in [0, 0.1) is 0 Å². The first-order chi connectivity index (χ1) is 12.8. The molecule has 0 saturated carbocycles. The number of ketones is 1. The SMILES string of the molecule is COc1ccc(Cl)cc1NC(=O)CCN(C(C)=O)c1cccc(C(C)=O)c1. The topological polar surface area (TPSA) is 75.7 Å². The predicted molar refractivity (Wildman–Crippen MR) is 106 cm³/mol. The number of ether oxygens (including phenoxy) is 1. The van der Waals surface area contributed by atoms with Gasteiger partial charge in [-0.3, -0.25) is 14.4 Å². The molecule has 0 spiro atoms. The number of hydrogen-bond donors (Lipinski definition) is 1. The molecule has 0 bridgehead atoms. The maximum Gasteiger partial charge on any atom is 0.226 e. The zero-order valence-corrected chi connectivity index (χ0v) is 16.2. The van der Waals surface area contributed by atoms with Gasteiger partial charge in [0.1, 0.15) is 5.75 Å². The lowest BCUT2D eigenvalue weighted by molar-refractivity contribution is -0.117. The van der Waals surface area contributed by atoms with Crippen LogP contribution in [0.4, 0.5) is 11.4 Å². The number of nitrogens with zero attached hydrogens (tertiary/aromatic N) is 1. The number of carbonyl (C=O) groups is 3. The highest BCUT2D eigenvalue weighted by molar-refractivity contribution is 6.31. The molecule has 0 aliphatic carbocycles. The number of hydrogen-bond acceptors (Lipinski definition) is 4. The first-order valence-corrected chi connectivity index (χ1v) is 8.72. The molecule has 7 heteroatoms. The number of Topliss-reactive ketones (excluding diaryl/α,β-unsaturated/α-hetero) is 1. The van der Waals surface area contributed by atoms with Crippen molar-refractivity contribution in [3.05, 3.63) is 53.1 Å². The Balaban J connectivity index is 2.09. The van der Waals surface area contributed by atoms with Gasteiger partial charge in [-0.25, -0.2) is 0 Å². The van der Waals surface area contributed by atoms with E-state index in [1.807, 2.05) is 0 Å². The minimum atomic E-state index is -0.287. The van der Waals surface area contributed by atoms with Crippen molar-refractivity contribution in [2.75, 3.05) is 23.9 Å². The second-order valence-corrected chi connectivity index (χ2v) is 6.36. The fourth-order valence-corrected chi connectivity index (χ4v) is 2.74. The number of anilines is 2. The van der Waals surface area contributed by atoms with Gasteiger partial charge in [0.15, 0.2) is 5.78 Å². The molecular formula is C20H21ClN2O4. The van der Waals surface area contributed by atoms with Gasteiger partial charge in [0.05, 0.1) is 12.8 Å². The van der Waals surface area contributed by atoms with Crippen LogP contribution in [0.3, 0.4) is 0 Å². The summed E-state index contributed by atoms with van der Waals surface area (Å²) in [4.78, 5) is 37.4. The Morgan fingerprint density at radius 3 is 2.48 bits per heavy atom. The molecule has 27 heavy (non-hydrogen) atoms. The van der Waals surface area contributed by atoms with E-state index in [2.05, 4.69) is 5.32 Å². The maximum absolute atomic E-state index is 12.3. The molecule has 0 aromatic heterocycles. The third-order valence-electron chi connectivity index (χ3n) is 3.94. The minimum Gasteiger partial charge on any atom is -0.495 e. The van der Waals surface area contributed by atoms with Crippen molar-refractivity contribution in [1.82, 2.24) is 0 Å². The average molecular weight is 389 g/mol. The van der Waals surface area contributed by atoms with Gasteiger partial charge >= 0.3 is 0 Å². The highest BCUT2D eigenvalue weighted by Gasteiger charge is 2.15. The van der Waals surface area contributed by atoms with Crippen LogP contribution in [0.15, 0.2) is 42.5 Å². The van der Waals surface area contributed by atoms with E-state index in [1.54, 1.807) is 42.5 Å². The summed E-state index contributed by atoms with van der Waals surface area (Å²) in [6, 6.07) is 11.7. The Morgan fingerprint density at radius 1 is 1.11 bits per heavy atom. The molecule has 0 saturated heterocycles. The van der Waals surface area contributed by atoms with Gasteiger partial charge in [0.25, 0.3) is 0 Å². The maximum atomic E-state index is 12.3. The van der Waals surface area contributed by atoms with Crippen molar-refractivity contribution in [3.8, 4) is 5.75 Å². The van der Waals surface area contributed by atoms with Gasteiger partial charge in [-0.1, -0.05) is 23.7 Å². The predicted octanol–water partition coefficient (Wildman–Crippen LogP) is 3.93. The summed E-state index contributed by atoms with van der Waals surface area (Å²) < 4.78 is 5.20. The Morgan fingerprint density at radius 2 is 1.85 bits per heavy atom. The fourth-order valence-electron chi connectivity index (χ4n) is 2.57. The van der Waals surface area contributed by atoms with Gasteiger partial charge in [0.2, 0.25) is 11.8 Å². The largest absolute Gasteiger partial charge is 0.495 e. The van der Waals surface area contributed by atoms with Crippen LogP contribution in [0.5, 0.6) is 5.75 Å². The van der Waals surface area contributed by atoms with E-state index in [9.17, 15) is 14.4 Å². The van der Waals surface area contributed by atoms with Crippen molar-refractivity contribution in [2.45, 2.75) is 20.3 Å². The first-order valence-electron chi connectivity index (χ1n) is 8.34. The van der Waals surface area contributed by atoms with Crippen LogP contribution in [0.2, 0.25) is 5.02 Å². The molecule has 0 atom stereocenters. The summed E-state index contributed by atoms with van der Waals surface area (Å²) in [7, 11) is 1.50. The Hall–Kier alpha value is -2.86.